The molecule has 0 amide bonds. The van der Waals surface area contributed by atoms with E-state index in [0.29, 0.717) is 11.8 Å². The Morgan fingerprint density at radius 3 is 2.94 bits per heavy atom. The number of nitrogens with two attached hydrogens (primary N) is 1. The maximum atomic E-state index is 7.26. The van der Waals surface area contributed by atoms with Crippen molar-refractivity contribution in [2.24, 2.45) is 5.73 Å². The Balaban J connectivity index is 2.08. The molecule has 1 aliphatic heterocycles. The molecule has 1 aromatic heterocycles. The summed E-state index contributed by atoms with van der Waals surface area (Å²) in [4.78, 5) is 6.37. The number of pyridine rings is 1. The lowest BCUT2D eigenvalue weighted by atomic mass is 10.3. The van der Waals surface area contributed by atoms with Crippen LogP contribution in [0.25, 0.3) is 0 Å². The highest BCUT2D eigenvalue weighted by Crippen LogP contribution is 2.20. The van der Waals surface area contributed by atoms with Gasteiger partial charge in [0.2, 0.25) is 0 Å². The van der Waals surface area contributed by atoms with E-state index < -0.39 is 0 Å². The summed E-state index contributed by atoms with van der Waals surface area (Å²) in [7, 11) is 1.74. The fraction of sp³-hybridized carbons (Fsp3) is 0.455. The fourth-order valence-electron chi connectivity index (χ4n) is 1.89. The quantitative estimate of drug-likeness (QED) is 0.577. The Bertz CT molecular complexity index is 376. The van der Waals surface area contributed by atoms with Crippen molar-refractivity contribution < 1.29 is 4.74 Å². The van der Waals surface area contributed by atoms with Crippen molar-refractivity contribution in [3.63, 3.8) is 0 Å². The molecule has 16 heavy (non-hydrogen) atoms. The number of nitrogens with one attached hydrogen (secondary N) is 1. The second-order valence-corrected chi connectivity index (χ2v) is 3.91. The van der Waals surface area contributed by atoms with E-state index in [1.807, 2.05) is 6.07 Å². The van der Waals surface area contributed by atoms with Gasteiger partial charge in [0.1, 0.15) is 11.5 Å². The number of aromatic nitrogens is 1. The Kier molecular flexibility index (Phi) is 3.05. The van der Waals surface area contributed by atoms with Crippen molar-refractivity contribution in [3.8, 4) is 0 Å². The second-order valence-electron chi connectivity index (χ2n) is 3.91. The average molecular weight is 220 g/mol. The van der Waals surface area contributed by atoms with Crippen LogP contribution in [0.5, 0.6) is 0 Å². The van der Waals surface area contributed by atoms with Crippen LogP contribution in [0.4, 0.5) is 5.69 Å². The first-order chi connectivity index (χ1) is 7.70. The maximum Gasteiger partial charge on any atom is 0.141 e. The highest BCUT2D eigenvalue weighted by Gasteiger charge is 2.22. The van der Waals surface area contributed by atoms with Crippen LogP contribution in [0.3, 0.4) is 0 Å². The van der Waals surface area contributed by atoms with E-state index in [1.54, 1.807) is 19.4 Å². The van der Waals surface area contributed by atoms with E-state index in [0.717, 1.165) is 25.2 Å². The third-order valence-corrected chi connectivity index (χ3v) is 2.87. The number of methoxy groups -OCH3 is 1. The second kappa shape index (κ2) is 4.49. The van der Waals surface area contributed by atoms with Crippen molar-refractivity contribution in [1.82, 2.24) is 4.98 Å². The smallest absolute Gasteiger partial charge is 0.141 e. The average Bonchev–Trinajstić information content (AvgIpc) is 2.77. The Morgan fingerprint density at radius 2 is 2.44 bits per heavy atom. The van der Waals surface area contributed by atoms with E-state index in [1.165, 1.54) is 0 Å². The first kappa shape index (κ1) is 10.9. The van der Waals surface area contributed by atoms with Crippen LogP contribution < -0.4 is 10.6 Å². The molecule has 5 nitrogen and oxygen atoms in total. The highest BCUT2D eigenvalue weighted by atomic mass is 16.5. The lowest BCUT2D eigenvalue weighted by Gasteiger charge is -2.17. The molecule has 1 unspecified atom stereocenters. The van der Waals surface area contributed by atoms with Crippen LogP contribution in [-0.2, 0) is 4.74 Å². The molecule has 86 valence electrons. The molecule has 2 rings (SSSR count). The Labute approximate surface area is 94.7 Å². The SMILES string of the molecule is COC1CCN(c2ccc(C(=N)N)nc2)C1. The van der Waals surface area contributed by atoms with Crippen LogP contribution in [0, 0.1) is 5.41 Å². The number of hydrogen-bond acceptors (Lipinski definition) is 4. The standard InChI is InChI=1S/C11H16N4O/c1-16-9-4-5-15(7-9)8-2-3-10(11(12)13)14-6-8/h2-3,6,9H,4-5,7H2,1H3,(H3,12,13). The van der Waals surface area contributed by atoms with E-state index in [-0.39, 0.29) is 5.84 Å². The van der Waals surface area contributed by atoms with E-state index in [9.17, 15) is 0 Å². The number of ether oxygens (including phenoxy) is 1. The minimum atomic E-state index is 0.00254. The van der Waals surface area contributed by atoms with Crippen molar-refractivity contribution in [2.75, 3.05) is 25.1 Å². The van der Waals surface area contributed by atoms with Gasteiger partial charge in [-0.3, -0.25) is 10.4 Å². The number of rotatable bonds is 3. The fourth-order valence-corrected chi connectivity index (χ4v) is 1.89. The van der Waals surface area contributed by atoms with Crippen LogP contribution >= 0.6 is 0 Å². The molecule has 3 N–H and O–H groups in total. The zero-order valence-corrected chi connectivity index (χ0v) is 9.31. The summed E-state index contributed by atoms with van der Waals surface area (Å²) in [5, 5.41) is 7.26. The summed E-state index contributed by atoms with van der Waals surface area (Å²) in [5.74, 6) is 0.00254. The van der Waals surface area contributed by atoms with Crippen LogP contribution in [0.1, 0.15) is 12.1 Å². The molecule has 0 aliphatic carbocycles. The number of amidine groups is 1. The predicted octanol–water partition coefficient (Wildman–Crippen LogP) is 0.591. The van der Waals surface area contributed by atoms with Crippen molar-refractivity contribution in [3.05, 3.63) is 24.0 Å². The van der Waals surface area contributed by atoms with Gasteiger partial charge < -0.3 is 15.4 Å². The van der Waals surface area contributed by atoms with Gasteiger partial charge in [-0.2, -0.15) is 0 Å². The van der Waals surface area contributed by atoms with Gasteiger partial charge in [-0.1, -0.05) is 0 Å². The highest BCUT2D eigenvalue weighted by molar-refractivity contribution is 5.93. The number of nitrogens with zero attached hydrogens (tertiary/aromatic N) is 2. The summed E-state index contributed by atoms with van der Waals surface area (Å²) < 4.78 is 5.31. The topological polar surface area (TPSA) is 75.2 Å². The summed E-state index contributed by atoms with van der Waals surface area (Å²) >= 11 is 0. The molecule has 0 saturated carbocycles. The lowest BCUT2D eigenvalue weighted by Crippen LogP contribution is -2.22. The Morgan fingerprint density at radius 1 is 1.62 bits per heavy atom. The molecule has 1 aromatic rings. The third-order valence-electron chi connectivity index (χ3n) is 2.87. The van der Waals surface area contributed by atoms with Crippen LogP contribution in [-0.4, -0.2) is 37.1 Å². The largest absolute Gasteiger partial charge is 0.382 e. The van der Waals surface area contributed by atoms with Crippen LogP contribution in [0.2, 0.25) is 0 Å². The number of anilines is 1. The van der Waals surface area contributed by atoms with Gasteiger partial charge in [0.25, 0.3) is 0 Å². The Hall–Kier alpha value is -1.62. The molecule has 0 aromatic carbocycles. The minimum absolute atomic E-state index is 0.00254. The zero-order valence-electron chi connectivity index (χ0n) is 9.31. The molecule has 1 aliphatic rings. The molecule has 1 saturated heterocycles. The molecule has 0 bridgehead atoms. The van der Waals surface area contributed by atoms with Crippen molar-refractivity contribution in [2.45, 2.75) is 12.5 Å². The first-order valence-corrected chi connectivity index (χ1v) is 5.29. The molecule has 1 fully saturated rings. The van der Waals surface area contributed by atoms with E-state index in [2.05, 4.69) is 9.88 Å². The number of hydrogen-bond donors (Lipinski definition) is 2. The van der Waals surface area contributed by atoms with Gasteiger partial charge >= 0.3 is 0 Å². The van der Waals surface area contributed by atoms with Gasteiger partial charge in [0.05, 0.1) is 18.0 Å². The van der Waals surface area contributed by atoms with Crippen molar-refractivity contribution >= 4 is 11.5 Å². The van der Waals surface area contributed by atoms with Crippen LogP contribution in [0.15, 0.2) is 18.3 Å². The van der Waals surface area contributed by atoms with Crippen molar-refractivity contribution in [1.29, 1.82) is 5.41 Å². The molecular formula is C11H16N4O. The summed E-state index contributed by atoms with van der Waals surface area (Å²) in [6.45, 7) is 1.89. The van der Waals surface area contributed by atoms with E-state index in [4.69, 9.17) is 15.9 Å². The lowest BCUT2D eigenvalue weighted by molar-refractivity contribution is 0.121. The maximum absolute atomic E-state index is 7.26. The third kappa shape index (κ3) is 2.14. The molecular weight excluding hydrogens is 204 g/mol. The normalized spacial score (nSPS) is 20.1. The predicted molar refractivity (Wildman–Crippen MR) is 62.9 cm³/mol. The van der Waals surface area contributed by atoms with Gasteiger partial charge in [-0.05, 0) is 18.6 Å². The molecule has 5 heteroatoms. The molecule has 2 heterocycles. The van der Waals surface area contributed by atoms with Gasteiger partial charge in [0, 0.05) is 20.2 Å². The zero-order chi connectivity index (χ0) is 11.5. The molecule has 0 spiro atoms. The number of nitrogen functional groups attached to an aromatic ring is 1. The summed E-state index contributed by atoms with van der Waals surface area (Å²) in [5.41, 5.74) is 6.93. The van der Waals surface area contributed by atoms with Gasteiger partial charge in [0.15, 0.2) is 0 Å². The summed E-state index contributed by atoms with van der Waals surface area (Å²) in [6, 6.07) is 3.72. The minimum Gasteiger partial charge on any atom is -0.382 e. The summed E-state index contributed by atoms with van der Waals surface area (Å²) in [6.07, 6.45) is 3.12. The molecule has 0 radical (unpaired) electrons. The monoisotopic (exact) mass is 220 g/mol. The van der Waals surface area contributed by atoms with E-state index >= 15 is 0 Å². The molecule has 1 atom stereocenters. The van der Waals surface area contributed by atoms with Gasteiger partial charge in [-0.25, -0.2) is 0 Å². The first-order valence-electron chi connectivity index (χ1n) is 5.29. The van der Waals surface area contributed by atoms with Gasteiger partial charge in [-0.15, -0.1) is 0 Å².